The first-order valence-electron chi connectivity index (χ1n) is 20.4. The van der Waals surface area contributed by atoms with Crippen LogP contribution in [0, 0.1) is 5.92 Å². The number of benzene rings is 4. The van der Waals surface area contributed by atoms with Crippen molar-refractivity contribution in [3.63, 3.8) is 0 Å². The lowest BCUT2D eigenvalue weighted by Crippen LogP contribution is -2.22. The molecule has 0 bridgehead atoms. The van der Waals surface area contributed by atoms with E-state index in [0.717, 1.165) is 11.3 Å². The molecule has 0 saturated carbocycles. The summed E-state index contributed by atoms with van der Waals surface area (Å²) in [5.41, 5.74) is 13.6. The number of hydrogen-bond donors (Lipinski definition) is 0. The van der Waals surface area contributed by atoms with Crippen LogP contribution in [0.15, 0.2) is 77.7 Å². The Kier molecular flexibility index (Phi) is 11.2. The lowest BCUT2D eigenvalue weighted by Gasteiger charge is -2.35. The molecule has 0 spiro atoms. The predicted molar refractivity (Wildman–Crippen MR) is 251 cm³/mol. The third kappa shape index (κ3) is 7.80. The van der Waals surface area contributed by atoms with Gasteiger partial charge in [-0.1, -0.05) is 193 Å². The maximum Gasteiger partial charge on any atom is 0.300 e. The van der Waals surface area contributed by atoms with Gasteiger partial charge in [0.2, 0.25) is 0 Å². The molecular formula is C50H59Cl2O3PS2. The van der Waals surface area contributed by atoms with Crippen molar-refractivity contribution in [2.24, 2.45) is 5.92 Å². The molecule has 0 saturated heterocycles. The summed E-state index contributed by atoms with van der Waals surface area (Å²) in [7, 11) is -5.90. The van der Waals surface area contributed by atoms with Crippen LogP contribution in [0.25, 0.3) is 22.3 Å². The van der Waals surface area contributed by atoms with Gasteiger partial charge in [0.25, 0.3) is 10.1 Å². The second-order valence-corrected chi connectivity index (χ2v) is 27.0. The average Bonchev–Trinajstić information content (AvgIpc) is 3.72. The van der Waals surface area contributed by atoms with Crippen molar-refractivity contribution in [2.45, 2.75) is 135 Å². The van der Waals surface area contributed by atoms with Crippen LogP contribution in [-0.4, -0.2) is 15.0 Å². The fourth-order valence-corrected chi connectivity index (χ4v) is 16.6. The average molecular weight is 874 g/mol. The number of hydrogen-bond acceptors (Lipinski definition) is 4. The van der Waals surface area contributed by atoms with E-state index in [0.29, 0.717) is 9.64 Å². The molecule has 1 aromatic heterocycles. The molecule has 0 N–H and O–H groups in total. The van der Waals surface area contributed by atoms with Crippen molar-refractivity contribution in [1.29, 1.82) is 0 Å². The number of rotatable bonds is 7. The summed E-state index contributed by atoms with van der Waals surface area (Å²) in [4.78, 5) is 0.0267. The molecule has 5 aromatic rings. The fraction of sp³-hybridized carbons (Fsp3) is 0.440. The van der Waals surface area contributed by atoms with Crippen molar-refractivity contribution in [3.05, 3.63) is 126 Å². The smallest absolute Gasteiger partial charge is 0.266 e. The zero-order chi connectivity index (χ0) is 42.7. The van der Waals surface area contributed by atoms with Crippen molar-refractivity contribution in [2.75, 3.05) is 6.61 Å². The minimum atomic E-state index is -4.32. The summed E-state index contributed by atoms with van der Waals surface area (Å²) in [6.07, 6.45) is 0. The zero-order valence-corrected chi connectivity index (χ0v) is 40.7. The summed E-state index contributed by atoms with van der Waals surface area (Å²) in [5.74, 6) is -0.00642. The van der Waals surface area contributed by atoms with Crippen LogP contribution in [0.2, 0.25) is 8.67 Å². The Bertz CT molecular complexity index is 2280. The molecule has 0 fully saturated rings. The van der Waals surface area contributed by atoms with Gasteiger partial charge in [-0.15, -0.1) is 11.3 Å². The lowest BCUT2D eigenvalue weighted by atomic mass is 9.85. The molecule has 7 rings (SSSR count). The van der Waals surface area contributed by atoms with Crippen LogP contribution in [0.4, 0.5) is 0 Å². The van der Waals surface area contributed by atoms with Crippen LogP contribution in [0.3, 0.4) is 0 Å². The monoisotopic (exact) mass is 872 g/mol. The Morgan fingerprint density at radius 1 is 0.569 bits per heavy atom. The van der Waals surface area contributed by atoms with Crippen LogP contribution >= 0.6 is 42.5 Å². The first-order chi connectivity index (χ1) is 26.7. The first kappa shape index (κ1) is 43.6. The Morgan fingerprint density at radius 3 is 1.16 bits per heavy atom. The van der Waals surface area contributed by atoms with Gasteiger partial charge in [-0.25, -0.2) is 0 Å². The van der Waals surface area contributed by atoms with Gasteiger partial charge in [-0.3, -0.25) is 4.18 Å². The van der Waals surface area contributed by atoms with E-state index in [9.17, 15) is 8.42 Å². The Morgan fingerprint density at radius 2 is 0.879 bits per heavy atom. The molecule has 0 aliphatic heterocycles. The van der Waals surface area contributed by atoms with Gasteiger partial charge in [0, 0.05) is 16.6 Å². The normalized spacial score (nSPS) is 15.0. The quantitative estimate of drug-likeness (QED) is 0.121. The molecule has 308 valence electrons. The minimum absolute atomic E-state index is 0.00642. The second kappa shape index (κ2) is 14.8. The van der Waals surface area contributed by atoms with Crippen LogP contribution in [-0.2, 0) is 36.0 Å². The summed E-state index contributed by atoms with van der Waals surface area (Å²) in [5, 5.41) is 0.604. The Labute approximate surface area is 363 Å². The number of thiophene rings is 1. The highest BCUT2D eigenvalue weighted by molar-refractivity contribution is 7.88. The molecule has 3 nitrogen and oxygen atoms in total. The van der Waals surface area contributed by atoms with Gasteiger partial charge in [-0.05, 0) is 102 Å². The third-order valence-corrected chi connectivity index (χ3v) is 18.6. The molecule has 8 heteroatoms. The molecule has 2 aliphatic rings. The van der Waals surface area contributed by atoms with Crippen molar-refractivity contribution in [1.82, 2.24) is 0 Å². The van der Waals surface area contributed by atoms with Crippen molar-refractivity contribution >= 4 is 57.9 Å². The molecule has 2 aliphatic carbocycles. The van der Waals surface area contributed by atoms with E-state index < -0.39 is 18.0 Å². The Hall–Kier alpha value is -2.50. The van der Waals surface area contributed by atoms with Crippen LogP contribution < -0.4 is 5.30 Å². The molecule has 0 atom stereocenters. The summed E-state index contributed by atoms with van der Waals surface area (Å²) < 4.78 is 35.8. The summed E-state index contributed by atoms with van der Waals surface area (Å²) in [6, 6.07) is 27.8. The highest BCUT2D eigenvalue weighted by Crippen LogP contribution is 2.74. The van der Waals surface area contributed by atoms with Crippen molar-refractivity contribution in [3.8, 4) is 22.3 Å². The second-order valence-electron chi connectivity index (χ2n) is 20.9. The maximum absolute atomic E-state index is 14.7. The fourth-order valence-electron chi connectivity index (χ4n) is 8.42. The number of fused-ring (bicyclic) bond motifs is 6. The molecule has 4 aromatic carbocycles. The van der Waals surface area contributed by atoms with E-state index in [-0.39, 0.29) is 54.7 Å². The molecular weight excluding hydrogens is 815 g/mol. The highest BCUT2D eigenvalue weighted by Gasteiger charge is 2.48. The van der Waals surface area contributed by atoms with E-state index in [1.54, 1.807) is 0 Å². The van der Waals surface area contributed by atoms with Gasteiger partial charge in [0.05, 0.1) is 6.61 Å². The summed E-state index contributed by atoms with van der Waals surface area (Å²) in [6.45, 7) is 31.0. The molecule has 58 heavy (non-hydrogen) atoms. The molecule has 0 radical (unpaired) electrons. The van der Waals surface area contributed by atoms with Gasteiger partial charge in [-0.2, -0.15) is 8.42 Å². The van der Waals surface area contributed by atoms with E-state index in [2.05, 4.69) is 156 Å². The van der Waals surface area contributed by atoms with Crippen LogP contribution in [0.5, 0.6) is 0 Å². The molecule has 1 heterocycles. The minimum Gasteiger partial charge on any atom is -0.266 e. The molecule has 0 amide bonds. The van der Waals surface area contributed by atoms with E-state index in [1.165, 1.54) is 66.8 Å². The van der Waals surface area contributed by atoms with Gasteiger partial charge < -0.3 is 0 Å². The first-order valence-corrected chi connectivity index (χ1v) is 24.9. The topological polar surface area (TPSA) is 43.4 Å². The maximum atomic E-state index is 14.7. The lowest BCUT2D eigenvalue weighted by molar-refractivity contribution is 0.275. The van der Waals surface area contributed by atoms with Gasteiger partial charge in [0.15, 0.2) is 0 Å². The highest BCUT2D eigenvalue weighted by atomic mass is 35.5. The van der Waals surface area contributed by atoms with Gasteiger partial charge >= 0.3 is 0 Å². The van der Waals surface area contributed by atoms with Crippen LogP contribution in [0.1, 0.15) is 153 Å². The number of halogens is 2. The molecule has 0 unspecified atom stereocenters. The standard InChI is InChI=1S/C50H59Cl2O3PS2/c1-28(2)27-55-58(53,54)44-43(45(51)57-46(44)52)56(41-37-23-29(47(3,4)5)15-19-33(37)34-20-16-30(24-38(34)41)48(6,7)8)42-39-25-31(49(9,10)11)17-21-35(39)36-22-18-32(26-40(36)42)50(12,13)14/h15-26,28,41-42H,27H2,1-14H3. The predicted octanol–water partition coefficient (Wildman–Crippen LogP) is 15.3. The van der Waals surface area contributed by atoms with Gasteiger partial charge in [0.1, 0.15) is 13.6 Å². The van der Waals surface area contributed by atoms with E-state index in [1.807, 2.05) is 13.8 Å². The zero-order valence-electron chi connectivity index (χ0n) is 36.6. The van der Waals surface area contributed by atoms with E-state index in [4.69, 9.17) is 27.4 Å². The third-order valence-electron chi connectivity index (χ3n) is 11.8. The van der Waals surface area contributed by atoms with E-state index >= 15 is 0 Å². The summed E-state index contributed by atoms with van der Waals surface area (Å²) >= 11 is 15.8. The van der Waals surface area contributed by atoms with Crippen molar-refractivity contribution < 1.29 is 12.6 Å². The largest absolute Gasteiger partial charge is 0.300 e. The SMILES string of the molecule is CC(C)COS(=O)(=O)c1c(Cl)sc(Cl)c1P(C1c2cc(C(C)(C)C)ccc2-c2ccc(C(C)(C)C)cc21)C1c2cc(C(C)(C)C)ccc2-c2ccc(C(C)(C)C)cc21. The Balaban J connectivity index is 1.67.